The summed E-state index contributed by atoms with van der Waals surface area (Å²) in [6.07, 6.45) is -5.33. The van der Waals surface area contributed by atoms with Crippen LogP contribution in [0, 0.1) is 5.41 Å². The molecule has 1 heterocycles. The molecule has 3 atom stereocenters. The summed E-state index contributed by atoms with van der Waals surface area (Å²) in [5, 5.41) is 14.1. The van der Waals surface area contributed by atoms with Gasteiger partial charge in [-0.2, -0.15) is 5.10 Å². The number of carboxylic acid groups (broad SMARTS) is 1. The van der Waals surface area contributed by atoms with Gasteiger partial charge in [-0.3, -0.25) is 4.79 Å². The van der Waals surface area contributed by atoms with E-state index < -0.39 is 47.5 Å². The molecular weight excluding hydrogens is 393 g/mol. The van der Waals surface area contributed by atoms with Crippen molar-refractivity contribution >= 4 is 17.7 Å². The van der Waals surface area contributed by atoms with E-state index in [0.717, 1.165) is 12.1 Å². The maximum Gasteiger partial charge on any atom is 0.573 e. The average Bonchev–Trinajstić information content (AvgIpc) is 2.59. The number of hydrazone groups is 1. The predicted octanol–water partition coefficient (Wildman–Crippen LogP) is 3.45. The van der Waals surface area contributed by atoms with Crippen LogP contribution in [0.2, 0.25) is 0 Å². The molecule has 0 aromatic heterocycles. The summed E-state index contributed by atoms with van der Waals surface area (Å²) in [6.45, 7) is 6.46. The first-order valence-electron chi connectivity index (χ1n) is 9.05. The lowest BCUT2D eigenvalue weighted by molar-refractivity contribution is -0.274. The molecule has 2 rings (SSSR count). The molecule has 0 bridgehead atoms. The van der Waals surface area contributed by atoms with Crippen LogP contribution in [0.3, 0.4) is 0 Å². The normalized spacial score (nSPS) is 24.5. The van der Waals surface area contributed by atoms with Crippen LogP contribution in [0.25, 0.3) is 0 Å². The first kappa shape index (κ1) is 22.5. The Hall–Kier alpha value is -2.78. The van der Waals surface area contributed by atoms with Crippen LogP contribution >= 0.6 is 0 Å². The second-order valence-electron chi connectivity index (χ2n) is 7.05. The number of carboxylic acids is 1. The molecule has 0 aliphatic carbocycles. The second kappa shape index (κ2) is 8.30. The first-order valence-corrected chi connectivity index (χ1v) is 9.05. The standard InChI is InChI=1S/C19H23F3N2O5/c1-5-18(17(26)27)11(4)23-24-15(16(25)28-10(2)3)14(18)12-7-6-8-13(9-12)29-19(20,21)22/h6-11,14,23H,5H2,1-4H3,(H,26,27). The van der Waals surface area contributed by atoms with Gasteiger partial charge in [0.15, 0.2) is 5.71 Å². The van der Waals surface area contributed by atoms with Crippen LogP contribution in [0.5, 0.6) is 5.75 Å². The van der Waals surface area contributed by atoms with Gasteiger partial charge < -0.3 is 20.0 Å². The summed E-state index contributed by atoms with van der Waals surface area (Å²) in [7, 11) is 0. The molecule has 10 heteroatoms. The highest BCUT2D eigenvalue weighted by molar-refractivity contribution is 6.39. The van der Waals surface area contributed by atoms with Gasteiger partial charge in [-0.05, 0) is 44.9 Å². The number of ether oxygens (including phenoxy) is 2. The largest absolute Gasteiger partial charge is 0.573 e. The van der Waals surface area contributed by atoms with Crippen molar-refractivity contribution in [1.29, 1.82) is 0 Å². The minimum absolute atomic E-state index is 0.0828. The number of carbonyl (C=O) groups excluding carboxylic acids is 1. The zero-order valence-electron chi connectivity index (χ0n) is 16.4. The van der Waals surface area contributed by atoms with Crippen molar-refractivity contribution in [1.82, 2.24) is 5.43 Å². The Morgan fingerprint density at radius 1 is 1.34 bits per heavy atom. The third-order valence-electron chi connectivity index (χ3n) is 4.90. The summed E-state index contributed by atoms with van der Waals surface area (Å²) in [6, 6.07) is 4.20. The molecule has 1 aliphatic rings. The van der Waals surface area contributed by atoms with E-state index >= 15 is 0 Å². The fourth-order valence-electron chi connectivity index (χ4n) is 3.59. The van der Waals surface area contributed by atoms with E-state index in [-0.39, 0.29) is 17.7 Å². The van der Waals surface area contributed by atoms with E-state index in [0.29, 0.717) is 0 Å². The molecule has 0 saturated heterocycles. The number of nitrogens with zero attached hydrogens (tertiary/aromatic N) is 1. The number of rotatable bonds is 6. The first-order chi connectivity index (χ1) is 13.4. The molecule has 0 saturated carbocycles. The summed E-state index contributed by atoms with van der Waals surface area (Å²) in [5.74, 6) is -3.72. The molecule has 0 amide bonds. The molecule has 0 spiro atoms. The molecule has 3 unspecified atom stereocenters. The van der Waals surface area contributed by atoms with Crippen LogP contribution < -0.4 is 10.2 Å². The molecule has 29 heavy (non-hydrogen) atoms. The molecule has 160 valence electrons. The smallest absolute Gasteiger partial charge is 0.481 e. The fraction of sp³-hybridized carbons (Fsp3) is 0.526. The monoisotopic (exact) mass is 416 g/mol. The number of nitrogens with one attached hydrogen (secondary N) is 1. The van der Waals surface area contributed by atoms with Gasteiger partial charge in [0.2, 0.25) is 0 Å². The summed E-state index contributed by atoms with van der Waals surface area (Å²) >= 11 is 0. The summed E-state index contributed by atoms with van der Waals surface area (Å²) in [5.41, 5.74) is 1.04. The van der Waals surface area contributed by atoms with Crippen LogP contribution in [0.4, 0.5) is 13.2 Å². The van der Waals surface area contributed by atoms with Crippen LogP contribution in [0.1, 0.15) is 45.6 Å². The van der Waals surface area contributed by atoms with Gasteiger partial charge in [0.1, 0.15) is 11.2 Å². The minimum atomic E-state index is -4.91. The zero-order chi connectivity index (χ0) is 22.0. The number of alkyl halides is 3. The Morgan fingerprint density at radius 2 is 2.00 bits per heavy atom. The minimum Gasteiger partial charge on any atom is -0.481 e. The number of carbonyl (C=O) groups is 2. The summed E-state index contributed by atoms with van der Waals surface area (Å²) < 4.78 is 47.1. The van der Waals surface area contributed by atoms with Crippen molar-refractivity contribution in [3.8, 4) is 5.75 Å². The SMILES string of the molecule is CCC1(C(=O)O)C(C)NN=C(C(=O)OC(C)C)C1c1cccc(OC(F)(F)F)c1. The Balaban J connectivity index is 2.65. The third-order valence-corrected chi connectivity index (χ3v) is 4.90. The zero-order valence-corrected chi connectivity index (χ0v) is 16.4. The fourth-order valence-corrected chi connectivity index (χ4v) is 3.59. The molecule has 0 fully saturated rings. The van der Waals surface area contributed by atoms with Crippen molar-refractivity contribution in [2.24, 2.45) is 10.5 Å². The molecule has 7 nitrogen and oxygen atoms in total. The van der Waals surface area contributed by atoms with E-state index in [4.69, 9.17) is 4.74 Å². The highest BCUT2D eigenvalue weighted by atomic mass is 19.4. The number of esters is 1. The number of hydrogen-bond donors (Lipinski definition) is 2. The molecule has 2 N–H and O–H groups in total. The highest BCUT2D eigenvalue weighted by Gasteiger charge is 2.55. The molecule has 0 radical (unpaired) electrons. The van der Waals surface area contributed by atoms with Gasteiger partial charge in [0, 0.05) is 0 Å². The average molecular weight is 416 g/mol. The van der Waals surface area contributed by atoms with Crippen molar-refractivity contribution in [3.05, 3.63) is 29.8 Å². The number of hydrogen-bond acceptors (Lipinski definition) is 6. The number of benzene rings is 1. The van der Waals surface area contributed by atoms with Gasteiger partial charge in [0.25, 0.3) is 0 Å². The van der Waals surface area contributed by atoms with E-state index in [1.54, 1.807) is 27.7 Å². The number of halogens is 3. The van der Waals surface area contributed by atoms with Crippen LogP contribution in [-0.4, -0.2) is 41.3 Å². The molecule has 1 aromatic carbocycles. The number of aliphatic carboxylic acids is 1. The molecule has 1 aliphatic heterocycles. The maximum absolute atomic E-state index is 12.6. The van der Waals surface area contributed by atoms with E-state index in [2.05, 4.69) is 15.3 Å². The van der Waals surface area contributed by atoms with Gasteiger partial charge in [-0.25, -0.2) is 4.79 Å². The molecule has 1 aromatic rings. The van der Waals surface area contributed by atoms with Gasteiger partial charge in [0.05, 0.1) is 18.1 Å². The van der Waals surface area contributed by atoms with Crippen molar-refractivity contribution in [2.45, 2.75) is 58.5 Å². The molecular formula is C19H23F3N2O5. The second-order valence-corrected chi connectivity index (χ2v) is 7.05. The topological polar surface area (TPSA) is 97.2 Å². The third kappa shape index (κ3) is 4.63. The Bertz CT molecular complexity index is 809. The van der Waals surface area contributed by atoms with Crippen LogP contribution in [-0.2, 0) is 14.3 Å². The van der Waals surface area contributed by atoms with E-state index in [1.807, 2.05) is 0 Å². The van der Waals surface area contributed by atoms with Gasteiger partial charge >= 0.3 is 18.3 Å². The van der Waals surface area contributed by atoms with Crippen molar-refractivity contribution < 1.29 is 37.3 Å². The van der Waals surface area contributed by atoms with Gasteiger partial charge in [-0.1, -0.05) is 19.1 Å². The van der Waals surface area contributed by atoms with Gasteiger partial charge in [-0.15, -0.1) is 13.2 Å². The summed E-state index contributed by atoms with van der Waals surface area (Å²) in [4.78, 5) is 25.0. The van der Waals surface area contributed by atoms with Crippen molar-refractivity contribution in [2.75, 3.05) is 0 Å². The Labute approximate surface area is 165 Å². The quantitative estimate of drug-likeness (QED) is 0.690. The lowest BCUT2D eigenvalue weighted by Gasteiger charge is -2.44. The maximum atomic E-state index is 12.6. The van der Waals surface area contributed by atoms with Crippen LogP contribution in [0.15, 0.2) is 29.4 Å². The lowest BCUT2D eigenvalue weighted by atomic mass is 9.63. The highest BCUT2D eigenvalue weighted by Crippen LogP contribution is 2.46. The Kier molecular flexibility index (Phi) is 6.44. The Morgan fingerprint density at radius 3 is 2.52 bits per heavy atom. The van der Waals surface area contributed by atoms with E-state index in [1.165, 1.54) is 12.1 Å². The predicted molar refractivity (Wildman–Crippen MR) is 97.5 cm³/mol. The van der Waals surface area contributed by atoms with Crippen molar-refractivity contribution in [3.63, 3.8) is 0 Å². The lowest BCUT2D eigenvalue weighted by Crippen LogP contribution is -2.57. The van der Waals surface area contributed by atoms with E-state index in [9.17, 15) is 27.9 Å².